The van der Waals surface area contributed by atoms with Gasteiger partial charge in [-0.1, -0.05) is 6.07 Å². The van der Waals surface area contributed by atoms with Gasteiger partial charge in [0.1, 0.15) is 5.54 Å². The van der Waals surface area contributed by atoms with E-state index in [1.807, 2.05) is 0 Å². The summed E-state index contributed by atoms with van der Waals surface area (Å²) in [7, 11) is 0. The van der Waals surface area contributed by atoms with Gasteiger partial charge in [0.25, 0.3) is 5.91 Å². The Labute approximate surface area is 144 Å². The van der Waals surface area contributed by atoms with E-state index in [0.29, 0.717) is 12.0 Å². The minimum absolute atomic E-state index is 0.103. The van der Waals surface area contributed by atoms with E-state index in [4.69, 9.17) is 0 Å². The Bertz CT molecular complexity index is 706. The third-order valence-corrected chi connectivity index (χ3v) is 4.05. The lowest BCUT2D eigenvalue weighted by Crippen LogP contribution is -2.40. The van der Waals surface area contributed by atoms with Crippen LogP contribution in [0.4, 0.5) is 13.6 Å². The fourth-order valence-electron chi connectivity index (χ4n) is 2.60. The molecule has 1 atom stereocenters. The van der Waals surface area contributed by atoms with Crippen LogP contribution in [0.1, 0.15) is 45.2 Å². The molecular weight excluding hydrogens is 332 g/mol. The molecule has 25 heavy (non-hydrogen) atoms. The van der Waals surface area contributed by atoms with Crippen LogP contribution >= 0.6 is 0 Å². The molecule has 0 spiro atoms. The molecule has 1 aliphatic rings. The molecule has 1 saturated heterocycles. The standard InChI is InChI=1S/C17H21F2N3O3/c1-10(11-6-7-12(18)13(19)9-11)20-14(23)5-4-8-22-15(24)17(2,3)21-16(22)25/h6-7,9-10H,4-5,8H2,1-3H3,(H,20,23)(H,21,25). The maximum atomic E-state index is 13.2. The number of benzene rings is 1. The smallest absolute Gasteiger partial charge is 0.325 e. The summed E-state index contributed by atoms with van der Waals surface area (Å²) < 4.78 is 26.2. The topological polar surface area (TPSA) is 78.5 Å². The van der Waals surface area contributed by atoms with Crippen LogP contribution in [0.3, 0.4) is 0 Å². The van der Waals surface area contributed by atoms with Crippen LogP contribution in [0.5, 0.6) is 0 Å². The first-order valence-corrected chi connectivity index (χ1v) is 8.00. The highest BCUT2D eigenvalue weighted by molar-refractivity contribution is 6.06. The van der Waals surface area contributed by atoms with Gasteiger partial charge in [0, 0.05) is 13.0 Å². The Morgan fingerprint density at radius 3 is 2.52 bits per heavy atom. The average Bonchev–Trinajstić information content (AvgIpc) is 2.71. The normalized spacial score (nSPS) is 17.4. The number of nitrogens with one attached hydrogen (secondary N) is 2. The van der Waals surface area contributed by atoms with Gasteiger partial charge >= 0.3 is 6.03 Å². The van der Waals surface area contributed by atoms with Gasteiger partial charge in [-0.25, -0.2) is 13.6 Å². The summed E-state index contributed by atoms with van der Waals surface area (Å²) in [5, 5.41) is 5.24. The SMILES string of the molecule is CC(NC(=O)CCCN1C(=O)NC(C)(C)C1=O)c1ccc(F)c(F)c1. The van der Waals surface area contributed by atoms with E-state index in [1.165, 1.54) is 6.07 Å². The maximum absolute atomic E-state index is 13.2. The minimum Gasteiger partial charge on any atom is -0.350 e. The fraction of sp³-hybridized carbons (Fsp3) is 0.471. The van der Waals surface area contributed by atoms with Gasteiger partial charge in [0.05, 0.1) is 6.04 Å². The minimum atomic E-state index is -0.972. The second kappa shape index (κ2) is 7.16. The van der Waals surface area contributed by atoms with Crippen LogP contribution in [0.25, 0.3) is 0 Å². The third kappa shape index (κ3) is 4.32. The van der Waals surface area contributed by atoms with Crippen molar-refractivity contribution in [1.82, 2.24) is 15.5 Å². The summed E-state index contributed by atoms with van der Waals surface area (Å²) in [6, 6.07) is 2.49. The zero-order valence-electron chi connectivity index (χ0n) is 14.4. The molecule has 4 amide bonds. The van der Waals surface area contributed by atoms with E-state index < -0.39 is 29.2 Å². The van der Waals surface area contributed by atoms with Gasteiger partial charge in [-0.15, -0.1) is 0 Å². The van der Waals surface area contributed by atoms with E-state index in [-0.39, 0.29) is 24.8 Å². The molecule has 0 aliphatic carbocycles. The predicted molar refractivity (Wildman–Crippen MR) is 86.5 cm³/mol. The van der Waals surface area contributed by atoms with Gasteiger partial charge < -0.3 is 10.6 Å². The molecule has 1 heterocycles. The number of hydrogen-bond acceptors (Lipinski definition) is 3. The van der Waals surface area contributed by atoms with Crippen molar-refractivity contribution in [3.63, 3.8) is 0 Å². The van der Waals surface area contributed by atoms with Crippen LogP contribution in [0, 0.1) is 11.6 Å². The highest BCUT2D eigenvalue weighted by Gasteiger charge is 2.43. The van der Waals surface area contributed by atoms with Crippen molar-refractivity contribution in [2.75, 3.05) is 6.54 Å². The Morgan fingerprint density at radius 2 is 1.96 bits per heavy atom. The Balaban J connectivity index is 1.82. The van der Waals surface area contributed by atoms with E-state index in [1.54, 1.807) is 20.8 Å². The Morgan fingerprint density at radius 1 is 1.28 bits per heavy atom. The van der Waals surface area contributed by atoms with Crippen molar-refractivity contribution in [3.8, 4) is 0 Å². The highest BCUT2D eigenvalue weighted by Crippen LogP contribution is 2.18. The van der Waals surface area contributed by atoms with Gasteiger partial charge in [-0.3, -0.25) is 14.5 Å². The number of carbonyl (C=O) groups excluding carboxylic acids is 3. The molecule has 0 aromatic heterocycles. The second-order valence-electron chi connectivity index (χ2n) is 6.58. The summed E-state index contributed by atoms with van der Waals surface area (Å²) in [6.45, 7) is 5.03. The van der Waals surface area contributed by atoms with Crippen LogP contribution < -0.4 is 10.6 Å². The Kier molecular flexibility index (Phi) is 5.39. The van der Waals surface area contributed by atoms with Gasteiger partial charge in [-0.05, 0) is 44.9 Å². The molecule has 1 aromatic rings. The fourth-order valence-corrected chi connectivity index (χ4v) is 2.60. The van der Waals surface area contributed by atoms with E-state index in [9.17, 15) is 23.2 Å². The average molecular weight is 353 g/mol. The van der Waals surface area contributed by atoms with E-state index in [2.05, 4.69) is 10.6 Å². The largest absolute Gasteiger partial charge is 0.350 e. The van der Waals surface area contributed by atoms with Gasteiger partial charge in [0.15, 0.2) is 11.6 Å². The van der Waals surface area contributed by atoms with Gasteiger partial charge in [-0.2, -0.15) is 0 Å². The van der Waals surface area contributed by atoms with Crippen molar-refractivity contribution < 1.29 is 23.2 Å². The number of hydrogen-bond donors (Lipinski definition) is 2. The highest BCUT2D eigenvalue weighted by atomic mass is 19.2. The van der Waals surface area contributed by atoms with Crippen LogP contribution in [0.2, 0.25) is 0 Å². The summed E-state index contributed by atoms with van der Waals surface area (Å²) in [4.78, 5) is 36.8. The zero-order valence-corrected chi connectivity index (χ0v) is 14.4. The lowest BCUT2D eigenvalue weighted by Gasteiger charge is -2.17. The number of amides is 4. The molecule has 0 saturated carbocycles. The third-order valence-electron chi connectivity index (χ3n) is 4.05. The lowest BCUT2D eigenvalue weighted by atomic mass is 10.1. The molecule has 8 heteroatoms. The molecular formula is C17H21F2N3O3. The van der Waals surface area contributed by atoms with E-state index >= 15 is 0 Å². The lowest BCUT2D eigenvalue weighted by molar-refractivity contribution is -0.130. The summed E-state index contributed by atoms with van der Waals surface area (Å²) in [5.41, 5.74) is -0.483. The molecule has 0 radical (unpaired) electrons. The molecule has 1 aromatic carbocycles. The Hall–Kier alpha value is -2.51. The van der Waals surface area contributed by atoms with Crippen molar-refractivity contribution >= 4 is 17.8 Å². The van der Waals surface area contributed by atoms with Crippen molar-refractivity contribution in [2.24, 2.45) is 0 Å². The predicted octanol–water partition coefficient (Wildman–Crippen LogP) is 2.25. The van der Waals surface area contributed by atoms with Crippen LogP contribution in [0.15, 0.2) is 18.2 Å². The molecule has 0 bridgehead atoms. The maximum Gasteiger partial charge on any atom is 0.325 e. The number of nitrogens with zero attached hydrogens (tertiary/aromatic N) is 1. The first-order valence-electron chi connectivity index (χ1n) is 8.00. The molecule has 136 valence electrons. The number of imide groups is 1. The number of urea groups is 1. The van der Waals surface area contributed by atoms with Gasteiger partial charge in [0.2, 0.25) is 5.91 Å². The summed E-state index contributed by atoms with van der Waals surface area (Å²) in [6.07, 6.45) is 0.414. The molecule has 1 unspecified atom stereocenters. The second-order valence-corrected chi connectivity index (χ2v) is 6.58. The monoisotopic (exact) mass is 353 g/mol. The molecule has 2 N–H and O–H groups in total. The molecule has 1 fully saturated rings. The first-order chi connectivity index (χ1) is 11.6. The zero-order chi connectivity index (χ0) is 18.8. The van der Waals surface area contributed by atoms with Crippen LogP contribution in [-0.4, -0.2) is 34.8 Å². The summed E-state index contributed by atoms with van der Waals surface area (Å²) >= 11 is 0. The van der Waals surface area contributed by atoms with E-state index in [0.717, 1.165) is 17.0 Å². The number of carbonyl (C=O) groups is 3. The molecule has 6 nitrogen and oxygen atoms in total. The quantitative estimate of drug-likeness (QED) is 0.770. The molecule has 1 aliphatic heterocycles. The molecule has 2 rings (SSSR count). The van der Waals surface area contributed by atoms with Crippen molar-refractivity contribution in [1.29, 1.82) is 0 Å². The number of rotatable bonds is 6. The number of halogens is 2. The van der Waals surface area contributed by atoms with Crippen molar-refractivity contribution in [2.45, 2.75) is 45.2 Å². The summed E-state index contributed by atoms with van der Waals surface area (Å²) in [5.74, 6) is -2.55. The first kappa shape index (κ1) is 18.8. The van der Waals surface area contributed by atoms with Crippen LogP contribution in [-0.2, 0) is 9.59 Å². The van der Waals surface area contributed by atoms with Crippen molar-refractivity contribution in [3.05, 3.63) is 35.4 Å².